The molecule has 1 atom stereocenters. The minimum Gasteiger partial charge on any atom is -0.468 e. The summed E-state index contributed by atoms with van der Waals surface area (Å²) >= 11 is 1.17. The number of dihydropyridines is 1. The number of hydrogen-bond donors (Lipinski definition) is 2. The van der Waals surface area contributed by atoms with Crippen molar-refractivity contribution >= 4 is 29.1 Å². The number of nitrogens with one attached hydrogen (secondary N) is 2. The van der Waals surface area contributed by atoms with Crippen molar-refractivity contribution in [2.75, 3.05) is 11.1 Å². The maximum Gasteiger partial charge on any atom is 0.234 e. The Balaban J connectivity index is 1.57. The second-order valence-electron chi connectivity index (χ2n) is 6.94. The third-order valence-corrected chi connectivity index (χ3v) is 5.96. The van der Waals surface area contributed by atoms with Gasteiger partial charge in [0.2, 0.25) is 5.91 Å². The molecule has 2 aromatic rings. The number of allylic oxidation sites excluding steroid dienone is 3. The predicted molar refractivity (Wildman–Crippen MR) is 111 cm³/mol. The number of rotatable bonds is 5. The molecule has 1 aromatic heterocycles. The number of nitriles is 1. The molecule has 0 saturated heterocycles. The molecule has 0 saturated carbocycles. The lowest BCUT2D eigenvalue weighted by molar-refractivity contribution is -0.116. The van der Waals surface area contributed by atoms with Gasteiger partial charge < -0.3 is 15.1 Å². The second-order valence-corrected chi connectivity index (χ2v) is 7.93. The minimum absolute atomic E-state index is 0.00537. The molecule has 2 N–H and O–H groups in total. The van der Waals surface area contributed by atoms with Crippen molar-refractivity contribution in [3.05, 3.63) is 76.1 Å². The first kappa shape index (κ1) is 20.0. The molecule has 0 spiro atoms. The van der Waals surface area contributed by atoms with Crippen LogP contribution in [0.4, 0.5) is 10.1 Å². The van der Waals surface area contributed by atoms with Gasteiger partial charge in [0.05, 0.1) is 34.6 Å². The number of hydrogen-bond acceptors (Lipinski definition) is 6. The van der Waals surface area contributed by atoms with E-state index in [9.17, 15) is 19.2 Å². The van der Waals surface area contributed by atoms with Crippen molar-refractivity contribution in [2.24, 2.45) is 0 Å². The molecule has 2 heterocycles. The zero-order valence-corrected chi connectivity index (χ0v) is 16.7. The number of ketones is 1. The van der Waals surface area contributed by atoms with Crippen LogP contribution in [-0.4, -0.2) is 17.4 Å². The van der Waals surface area contributed by atoms with E-state index in [1.165, 1.54) is 36.2 Å². The zero-order valence-electron chi connectivity index (χ0n) is 15.9. The third kappa shape index (κ3) is 4.02. The lowest BCUT2D eigenvalue weighted by Crippen LogP contribution is -2.31. The molecule has 2 aliphatic rings. The summed E-state index contributed by atoms with van der Waals surface area (Å²) in [4.78, 5) is 25.0. The first-order valence-corrected chi connectivity index (χ1v) is 10.4. The van der Waals surface area contributed by atoms with E-state index in [0.717, 1.165) is 12.1 Å². The van der Waals surface area contributed by atoms with E-state index >= 15 is 0 Å². The number of carbonyl (C=O) groups excluding carboxylic acids is 2. The molecular weight excluding hydrogens is 405 g/mol. The number of halogens is 1. The summed E-state index contributed by atoms with van der Waals surface area (Å²) in [5.41, 5.74) is 2.06. The van der Waals surface area contributed by atoms with Gasteiger partial charge in [-0.15, -0.1) is 0 Å². The second kappa shape index (κ2) is 8.59. The molecule has 1 amide bonds. The van der Waals surface area contributed by atoms with E-state index in [-0.39, 0.29) is 17.4 Å². The van der Waals surface area contributed by atoms with Gasteiger partial charge in [-0.25, -0.2) is 4.39 Å². The monoisotopic (exact) mass is 423 g/mol. The maximum absolute atomic E-state index is 13.3. The fourth-order valence-corrected chi connectivity index (χ4v) is 4.54. The maximum atomic E-state index is 13.3. The van der Waals surface area contributed by atoms with Gasteiger partial charge in [0, 0.05) is 23.4 Å². The van der Waals surface area contributed by atoms with Gasteiger partial charge in [0.1, 0.15) is 11.6 Å². The Morgan fingerprint density at radius 2 is 2.20 bits per heavy atom. The molecule has 30 heavy (non-hydrogen) atoms. The van der Waals surface area contributed by atoms with Crippen molar-refractivity contribution in [1.82, 2.24) is 5.32 Å². The molecule has 152 valence electrons. The molecule has 1 aliphatic carbocycles. The molecule has 0 radical (unpaired) electrons. The van der Waals surface area contributed by atoms with Crippen LogP contribution in [0.25, 0.3) is 0 Å². The van der Waals surface area contributed by atoms with Crippen LogP contribution in [0.15, 0.2) is 69.0 Å². The summed E-state index contributed by atoms with van der Waals surface area (Å²) in [7, 11) is 0. The van der Waals surface area contributed by atoms with Crippen LogP contribution in [0.3, 0.4) is 0 Å². The van der Waals surface area contributed by atoms with Crippen LogP contribution in [0.5, 0.6) is 0 Å². The number of furan rings is 1. The Morgan fingerprint density at radius 1 is 1.33 bits per heavy atom. The summed E-state index contributed by atoms with van der Waals surface area (Å²) < 4.78 is 18.8. The number of amides is 1. The lowest BCUT2D eigenvalue weighted by Gasteiger charge is -2.32. The minimum atomic E-state index is -0.581. The predicted octanol–water partition coefficient (Wildman–Crippen LogP) is 4.22. The van der Waals surface area contributed by atoms with Gasteiger partial charge in [-0.05, 0) is 43.2 Å². The van der Waals surface area contributed by atoms with Gasteiger partial charge in [-0.2, -0.15) is 5.26 Å². The normalized spacial score (nSPS) is 18.5. The quantitative estimate of drug-likeness (QED) is 0.748. The highest BCUT2D eigenvalue weighted by Gasteiger charge is 2.38. The highest BCUT2D eigenvalue weighted by atomic mass is 32.2. The molecular formula is C22H18FN3O3S. The van der Waals surface area contributed by atoms with Crippen LogP contribution < -0.4 is 10.6 Å². The topological polar surface area (TPSA) is 95.1 Å². The molecule has 4 rings (SSSR count). The van der Waals surface area contributed by atoms with Gasteiger partial charge >= 0.3 is 0 Å². The summed E-state index contributed by atoms with van der Waals surface area (Å²) in [6.45, 7) is 0. The Labute approximate surface area is 176 Å². The smallest absolute Gasteiger partial charge is 0.234 e. The lowest BCUT2D eigenvalue weighted by atomic mass is 9.79. The van der Waals surface area contributed by atoms with E-state index in [1.807, 2.05) is 0 Å². The van der Waals surface area contributed by atoms with Crippen molar-refractivity contribution in [3.8, 4) is 6.07 Å². The molecule has 1 aliphatic heterocycles. The Morgan fingerprint density at radius 3 is 2.93 bits per heavy atom. The van der Waals surface area contributed by atoms with Crippen LogP contribution in [0.2, 0.25) is 0 Å². The molecule has 0 fully saturated rings. The summed E-state index contributed by atoms with van der Waals surface area (Å²) in [5, 5.41) is 16.2. The summed E-state index contributed by atoms with van der Waals surface area (Å²) in [6, 6.07) is 11.3. The number of carbonyl (C=O) groups is 2. The summed E-state index contributed by atoms with van der Waals surface area (Å²) in [5.74, 6) is -0.796. The average Bonchev–Trinajstić information content (AvgIpc) is 3.26. The van der Waals surface area contributed by atoms with Crippen molar-refractivity contribution in [3.63, 3.8) is 0 Å². The van der Waals surface area contributed by atoms with Gasteiger partial charge in [-0.3, -0.25) is 9.59 Å². The Kier molecular flexibility index (Phi) is 5.72. The van der Waals surface area contributed by atoms with Crippen LogP contribution >= 0.6 is 11.8 Å². The standard InChI is InChI=1S/C22H18FN3O3S/c23-13-4-1-5-14(10-13)25-19(28)12-30-22-15(11-24)20(18-8-3-9-29-18)21-16(26-22)6-2-7-17(21)27/h1,3-5,8-10,20,26H,2,6-7,12H2,(H,25,28). The van der Waals surface area contributed by atoms with Gasteiger partial charge in [0.15, 0.2) is 5.78 Å². The van der Waals surface area contributed by atoms with Crippen molar-refractivity contribution < 1.29 is 18.4 Å². The largest absolute Gasteiger partial charge is 0.468 e. The fraction of sp³-hybridized carbons (Fsp3) is 0.227. The number of thioether (sulfide) groups is 1. The first-order chi connectivity index (χ1) is 14.6. The van der Waals surface area contributed by atoms with Crippen molar-refractivity contribution in [1.29, 1.82) is 5.26 Å². The molecule has 1 aromatic carbocycles. The van der Waals surface area contributed by atoms with Gasteiger partial charge in [-0.1, -0.05) is 17.8 Å². The first-order valence-electron chi connectivity index (χ1n) is 9.46. The van der Waals surface area contributed by atoms with E-state index in [1.54, 1.807) is 18.2 Å². The number of anilines is 1. The number of nitrogens with zero attached hydrogens (tertiary/aromatic N) is 1. The van der Waals surface area contributed by atoms with Crippen LogP contribution in [-0.2, 0) is 9.59 Å². The molecule has 8 heteroatoms. The van der Waals surface area contributed by atoms with Crippen molar-refractivity contribution in [2.45, 2.75) is 25.2 Å². The highest BCUT2D eigenvalue weighted by Crippen LogP contribution is 2.44. The molecule has 0 bridgehead atoms. The fourth-order valence-electron chi connectivity index (χ4n) is 3.68. The zero-order chi connectivity index (χ0) is 21.1. The molecule has 6 nitrogen and oxygen atoms in total. The number of Topliss-reactive ketones (excluding diaryl/α,β-unsaturated/α-hetero) is 1. The van der Waals surface area contributed by atoms with E-state index in [0.29, 0.717) is 40.5 Å². The summed E-state index contributed by atoms with van der Waals surface area (Å²) in [6.07, 6.45) is 3.38. The Bertz CT molecular complexity index is 1100. The van der Waals surface area contributed by atoms with Crippen LogP contribution in [0.1, 0.15) is 30.9 Å². The molecule has 1 unspecified atom stereocenters. The SMILES string of the molecule is N#CC1=C(SCC(=O)Nc2cccc(F)c2)NC2=C(C(=O)CCC2)C1c1ccco1. The van der Waals surface area contributed by atoms with Gasteiger partial charge in [0.25, 0.3) is 0 Å². The Hall–Kier alpha value is -3.31. The highest BCUT2D eigenvalue weighted by molar-refractivity contribution is 8.03. The van der Waals surface area contributed by atoms with E-state index in [4.69, 9.17) is 4.42 Å². The van der Waals surface area contributed by atoms with Crippen LogP contribution in [0, 0.1) is 17.1 Å². The van der Waals surface area contributed by atoms with E-state index in [2.05, 4.69) is 16.7 Å². The number of benzene rings is 1. The average molecular weight is 423 g/mol. The third-order valence-electron chi connectivity index (χ3n) is 4.95. The van der Waals surface area contributed by atoms with E-state index < -0.39 is 11.7 Å².